The molecule has 0 aliphatic rings. The normalized spacial score (nSPS) is 11.8. The Morgan fingerprint density at radius 3 is 2.70 bits per heavy atom. The van der Waals surface area contributed by atoms with Gasteiger partial charge >= 0.3 is 0 Å². The maximum atomic E-state index is 11.7. The van der Waals surface area contributed by atoms with Crippen LogP contribution in [0.2, 0.25) is 0 Å². The number of carbonyl (C=O) groups is 1. The van der Waals surface area contributed by atoms with Crippen molar-refractivity contribution in [3.63, 3.8) is 0 Å². The first-order chi connectivity index (χ1) is 9.43. The van der Waals surface area contributed by atoms with Gasteiger partial charge in [-0.15, -0.1) is 0 Å². The SMILES string of the molecule is COCC(C)NC(=O)CNc1ccc(C)c(N(C)C)c1. The summed E-state index contributed by atoms with van der Waals surface area (Å²) < 4.78 is 4.98. The lowest BCUT2D eigenvalue weighted by molar-refractivity contribution is -0.120. The van der Waals surface area contributed by atoms with Gasteiger partial charge in [0.25, 0.3) is 0 Å². The topological polar surface area (TPSA) is 53.6 Å². The summed E-state index contributed by atoms with van der Waals surface area (Å²) in [6.45, 7) is 4.75. The first-order valence-corrected chi connectivity index (χ1v) is 6.74. The highest BCUT2D eigenvalue weighted by Crippen LogP contribution is 2.22. The smallest absolute Gasteiger partial charge is 0.239 e. The molecule has 5 nitrogen and oxygen atoms in total. The van der Waals surface area contributed by atoms with Gasteiger partial charge in [0.1, 0.15) is 0 Å². The minimum absolute atomic E-state index is 0.0182. The molecule has 1 aromatic rings. The van der Waals surface area contributed by atoms with Crippen molar-refractivity contribution in [3.05, 3.63) is 23.8 Å². The highest BCUT2D eigenvalue weighted by molar-refractivity contribution is 5.81. The molecule has 0 radical (unpaired) electrons. The van der Waals surface area contributed by atoms with Crippen molar-refractivity contribution >= 4 is 17.3 Å². The molecule has 1 unspecified atom stereocenters. The lowest BCUT2D eigenvalue weighted by Crippen LogP contribution is -2.39. The maximum Gasteiger partial charge on any atom is 0.239 e. The van der Waals surface area contributed by atoms with Gasteiger partial charge in [0.05, 0.1) is 13.2 Å². The van der Waals surface area contributed by atoms with E-state index in [1.807, 2.05) is 39.2 Å². The summed E-state index contributed by atoms with van der Waals surface area (Å²) in [5.41, 5.74) is 3.29. The van der Waals surface area contributed by atoms with Crippen LogP contribution >= 0.6 is 0 Å². The summed E-state index contributed by atoms with van der Waals surface area (Å²) in [4.78, 5) is 13.8. The number of aryl methyl sites for hydroxylation is 1. The van der Waals surface area contributed by atoms with Gasteiger partial charge < -0.3 is 20.3 Å². The number of carbonyl (C=O) groups excluding carboxylic acids is 1. The second-order valence-corrected chi connectivity index (χ2v) is 5.17. The van der Waals surface area contributed by atoms with E-state index in [1.165, 1.54) is 5.56 Å². The van der Waals surface area contributed by atoms with Crippen LogP contribution in [0.5, 0.6) is 0 Å². The molecule has 0 fully saturated rings. The molecule has 0 bridgehead atoms. The fourth-order valence-electron chi connectivity index (χ4n) is 2.00. The first kappa shape index (κ1) is 16.3. The van der Waals surface area contributed by atoms with Gasteiger partial charge in [-0.2, -0.15) is 0 Å². The van der Waals surface area contributed by atoms with Crippen molar-refractivity contribution in [2.45, 2.75) is 19.9 Å². The lowest BCUT2D eigenvalue weighted by Gasteiger charge is -2.18. The number of benzene rings is 1. The second kappa shape index (κ2) is 7.75. The zero-order valence-corrected chi connectivity index (χ0v) is 13.0. The molecule has 0 heterocycles. The molecule has 1 atom stereocenters. The quantitative estimate of drug-likeness (QED) is 0.796. The van der Waals surface area contributed by atoms with Crippen LogP contribution < -0.4 is 15.5 Å². The lowest BCUT2D eigenvalue weighted by atomic mass is 10.1. The summed E-state index contributed by atoms with van der Waals surface area (Å²) in [6, 6.07) is 6.09. The fraction of sp³-hybridized carbons (Fsp3) is 0.533. The Hall–Kier alpha value is -1.75. The second-order valence-electron chi connectivity index (χ2n) is 5.17. The van der Waals surface area contributed by atoms with E-state index in [4.69, 9.17) is 4.74 Å². The summed E-state index contributed by atoms with van der Waals surface area (Å²) in [5.74, 6) is -0.0403. The predicted molar refractivity (Wildman–Crippen MR) is 83.5 cm³/mol. The van der Waals surface area contributed by atoms with E-state index in [2.05, 4.69) is 22.5 Å². The molecule has 0 spiro atoms. The van der Waals surface area contributed by atoms with Gasteiger partial charge in [0.2, 0.25) is 5.91 Å². The Morgan fingerprint density at radius 1 is 1.40 bits per heavy atom. The zero-order chi connectivity index (χ0) is 15.1. The van der Waals surface area contributed by atoms with Crippen molar-refractivity contribution < 1.29 is 9.53 Å². The fourth-order valence-corrected chi connectivity index (χ4v) is 2.00. The summed E-state index contributed by atoms with van der Waals surface area (Å²) >= 11 is 0. The van der Waals surface area contributed by atoms with Crippen molar-refractivity contribution in [1.82, 2.24) is 5.32 Å². The molecular weight excluding hydrogens is 254 g/mol. The van der Waals surface area contributed by atoms with Crippen LogP contribution in [0.4, 0.5) is 11.4 Å². The third kappa shape index (κ3) is 5.09. The molecule has 0 aliphatic heterocycles. The monoisotopic (exact) mass is 279 g/mol. The van der Waals surface area contributed by atoms with E-state index < -0.39 is 0 Å². The highest BCUT2D eigenvalue weighted by atomic mass is 16.5. The number of hydrogen-bond acceptors (Lipinski definition) is 4. The average Bonchev–Trinajstić information content (AvgIpc) is 2.37. The molecule has 0 saturated heterocycles. The third-order valence-electron chi connectivity index (χ3n) is 2.97. The summed E-state index contributed by atoms with van der Waals surface area (Å²) in [5, 5.41) is 6.00. The minimum atomic E-state index is -0.0403. The van der Waals surface area contributed by atoms with Crippen LogP contribution in [0.1, 0.15) is 12.5 Å². The van der Waals surface area contributed by atoms with Crippen LogP contribution in [-0.2, 0) is 9.53 Å². The number of nitrogens with one attached hydrogen (secondary N) is 2. The number of nitrogens with zero attached hydrogens (tertiary/aromatic N) is 1. The number of amides is 1. The van der Waals surface area contributed by atoms with Gasteiger partial charge in [-0.3, -0.25) is 4.79 Å². The molecule has 0 aromatic heterocycles. The number of anilines is 2. The number of rotatable bonds is 7. The number of ether oxygens (including phenoxy) is 1. The van der Waals surface area contributed by atoms with Crippen LogP contribution in [0, 0.1) is 6.92 Å². The Kier molecular flexibility index (Phi) is 6.31. The Labute approximate surface area is 121 Å². The van der Waals surface area contributed by atoms with Gasteiger partial charge in [0, 0.05) is 38.6 Å². The van der Waals surface area contributed by atoms with E-state index in [-0.39, 0.29) is 18.5 Å². The third-order valence-corrected chi connectivity index (χ3v) is 2.97. The van der Waals surface area contributed by atoms with Crippen LogP contribution in [0.3, 0.4) is 0 Å². The Balaban J connectivity index is 2.53. The van der Waals surface area contributed by atoms with Gasteiger partial charge in [-0.1, -0.05) is 6.07 Å². The van der Waals surface area contributed by atoms with Crippen molar-refractivity contribution in [2.24, 2.45) is 0 Å². The number of methoxy groups -OCH3 is 1. The first-order valence-electron chi connectivity index (χ1n) is 6.74. The molecule has 0 saturated carbocycles. The molecule has 20 heavy (non-hydrogen) atoms. The van der Waals surface area contributed by atoms with E-state index in [0.29, 0.717) is 6.61 Å². The minimum Gasteiger partial charge on any atom is -0.383 e. The largest absolute Gasteiger partial charge is 0.383 e. The Bertz CT molecular complexity index is 447. The van der Waals surface area contributed by atoms with Crippen LogP contribution in [-0.4, -0.2) is 46.3 Å². The molecule has 1 rings (SSSR count). The molecule has 112 valence electrons. The van der Waals surface area contributed by atoms with E-state index in [0.717, 1.165) is 11.4 Å². The number of hydrogen-bond donors (Lipinski definition) is 2. The molecule has 2 N–H and O–H groups in total. The van der Waals surface area contributed by atoms with E-state index >= 15 is 0 Å². The molecule has 0 aliphatic carbocycles. The summed E-state index contributed by atoms with van der Waals surface area (Å²) in [7, 11) is 5.63. The van der Waals surface area contributed by atoms with E-state index in [9.17, 15) is 4.79 Å². The molecular formula is C15H25N3O2. The molecule has 1 aromatic carbocycles. The van der Waals surface area contributed by atoms with Crippen LogP contribution in [0.15, 0.2) is 18.2 Å². The molecule has 1 amide bonds. The van der Waals surface area contributed by atoms with E-state index in [1.54, 1.807) is 7.11 Å². The molecule has 5 heteroatoms. The van der Waals surface area contributed by atoms with Crippen LogP contribution in [0.25, 0.3) is 0 Å². The van der Waals surface area contributed by atoms with Crippen molar-refractivity contribution in [2.75, 3.05) is 44.6 Å². The van der Waals surface area contributed by atoms with Crippen molar-refractivity contribution in [3.8, 4) is 0 Å². The zero-order valence-electron chi connectivity index (χ0n) is 13.0. The maximum absolute atomic E-state index is 11.7. The average molecular weight is 279 g/mol. The Morgan fingerprint density at radius 2 is 2.10 bits per heavy atom. The standard InChI is InChI=1S/C15H25N3O2/c1-11-6-7-13(8-14(11)18(3)4)16-9-15(19)17-12(2)10-20-5/h6-8,12,16H,9-10H2,1-5H3,(H,17,19). The highest BCUT2D eigenvalue weighted by Gasteiger charge is 2.07. The predicted octanol–water partition coefficient (Wildman–Crippen LogP) is 1.62. The van der Waals surface area contributed by atoms with Gasteiger partial charge in [-0.25, -0.2) is 0 Å². The van der Waals surface area contributed by atoms with Crippen molar-refractivity contribution in [1.29, 1.82) is 0 Å². The van der Waals surface area contributed by atoms with Gasteiger partial charge in [-0.05, 0) is 31.5 Å². The van der Waals surface area contributed by atoms with Gasteiger partial charge in [0.15, 0.2) is 0 Å². The summed E-state index contributed by atoms with van der Waals surface area (Å²) in [6.07, 6.45) is 0.